The van der Waals surface area contributed by atoms with Gasteiger partial charge in [-0.05, 0) is 36.2 Å². The molecule has 1 aromatic carbocycles. The molecule has 0 spiro atoms. The van der Waals surface area contributed by atoms with E-state index in [1.165, 1.54) is 24.2 Å². The average molecular weight is 634 g/mol. The topological polar surface area (TPSA) is 152 Å². The number of esters is 1. The van der Waals surface area contributed by atoms with Gasteiger partial charge in [-0.2, -0.15) is 0 Å². The quantitative estimate of drug-likeness (QED) is 0.318. The lowest BCUT2D eigenvalue weighted by Gasteiger charge is -2.26. The van der Waals surface area contributed by atoms with Gasteiger partial charge in [-0.15, -0.1) is 0 Å². The number of ether oxygens (including phenoxy) is 2. The number of phosphoric ester groups is 1. The molecule has 3 heterocycles. The summed E-state index contributed by atoms with van der Waals surface area (Å²) in [5, 5.41) is 0.459. The molecule has 204 valence electrons. The second-order valence-corrected chi connectivity index (χ2v) is 11.1. The van der Waals surface area contributed by atoms with Crippen LogP contribution in [0.2, 0.25) is 5.02 Å². The minimum Gasteiger partial charge on any atom is -0.459 e. The Bertz CT molecular complexity index is 1420. The van der Waals surface area contributed by atoms with Crippen LogP contribution < -0.4 is 15.8 Å². The van der Waals surface area contributed by atoms with Crippen molar-refractivity contribution in [2.45, 2.75) is 51.2 Å². The molecule has 12 nitrogen and oxygen atoms in total. The van der Waals surface area contributed by atoms with Gasteiger partial charge in [0, 0.05) is 29.6 Å². The summed E-state index contributed by atoms with van der Waals surface area (Å²) < 4.78 is 42.0. The van der Waals surface area contributed by atoms with Gasteiger partial charge in [-0.25, -0.2) is 9.36 Å². The number of Topliss-reactive ketones (excluding diaryl/α,β-unsaturated/α-hetero) is 1. The molecule has 0 radical (unpaired) electrons. The summed E-state index contributed by atoms with van der Waals surface area (Å²) in [7, 11) is -4.06. The number of nitrogens with zero attached hydrogens (tertiary/aromatic N) is 1. The van der Waals surface area contributed by atoms with Gasteiger partial charge in [0.2, 0.25) is 0 Å². The first kappa shape index (κ1) is 28.5. The Morgan fingerprint density at radius 2 is 2.11 bits per heavy atom. The molecule has 2 aliphatic heterocycles. The smallest absolute Gasteiger partial charge is 0.459 e. The largest absolute Gasteiger partial charge is 0.530 e. The molecule has 0 aliphatic carbocycles. The van der Waals surface area contributed by atoms with E-state index in [1.54, 1.807) is 18.2 Å². The van der Waals surface area contributed by atoms with Crippen LogP contribution in [0.3, 0.4) is 0 Å². The number of halogens is 2. The number of hydrogen-bond donors (Lipinski definition) is 1. The predicted molar refractivity (Wildman–Crippen MR) is 138 cm³/mol. The van der Waals surface area contributed by atoms with Gasteiger partial charge in [0.05, 0.1) is 25.2 Å². The number of hydrogen-bond acceptors (Lipinski definition) is 10. The highest BCUT2D eigenvalue weighted by atomic mass is 79.9. The average Bonchev–Trinajstić information content (AvgIpc) is 3.25. The normalized spacial score (nSPS) is 24.7. The van der Waals surface area contributed by atoms with E-state index in [2.05, 4.69) is 20.9 Å². The van der Waals surface area contributed by atoms with Crippen LogP contribution in [0, 0.1) is 0 Å². The highest BCUT2D eigenvalue weighted by Gasteiger charge is 2.43. The molecule has 0 bridgehead atoms. The Balaban J connectivity index is 1.52. The Morgan fingerprint density at radius 3 is 2.84 bits per heavy atom. The van der Waals surface area contributed by atoms with Crippen LogP contribution in [-0.2, 0) is 39.3 Å². The maximum absolute atomic E-state index is 13.1. The molecule has 1 aromatic heterocycles. The highest BCUT2D eigenvalue weighted by Crippen LogP contribution is 2.55. The molecule has 0 saturated carbocycles. The number of fused-ring (bicyclic) bond motifs is 1. The summed E-state index contributed by atoms with van der Waals surface area (Å²) in [6.07, 6.45) is -0.270. The third-order valence-corrected chi connectivity index (χ3v) is 7.53. The zero-order valence-electron chi connectivity index (χ0n) is 20.0. The van der Waals surface area contributed by atoms with Crippen LogP contribution in [0.4, 0.5) is 0 Å². The van der Waals surface area contributed by atoms with Crippen molar-refractivity contribution in [3.8, 4) is 5.75 Å². The first-order valence-corrected chi connectivity index (χ1v) is 14.2. The van der Waals surface area contributed by atoms with Crippen molar-refractivity contribution in [2.24, 2.45) is 0 Å². The van der Waals surface area contributed by atoms with Gasteiger partial charge >= 0.3 is 19.5 Å². The fraction of sp³-hybridized carbons (Fsp3) is 0.391. The van der Waals surface area contributed by atoms with Crippen molar-refractivity contribution in [1.82, 2.24) is 9.55 Å². The molecule has 4 atom stereocenters. The molecule has 2 aromatic rings. The molecule has 1 N–H and O–H groups in total. The summed E-state index contributed by atoms with van der Waals surface area (Å²) in [5.74, 6) is -0.548. The number of phosphoric acid groups is 1. The fourth-order valence-corrected chi connectivity index (χ4v) is 5.53. The summed E-state index contributed by atoms with van der Waals surface area (Å²) in [4.78, 5) is 51.8. The van der Waals surface area contributed by atoms with E-state index < -0.39 is 43.5 Å². The molecule has 4 rings (SSSR count). The summed E-state index contributed by atoms with van der Waals surface area (Å²) in [6.45, 7) is 0.906. The number of aromatic amines is 1. The number of carbonyl (C=O) groups excluding carboxylic acids is 2. The van der Waals surface area contributed by atoms with Crippen molar-refractivity contribution in [3.05, 3.63) is 66.4 Å². The number of nitrogens with one attached hydrogen (secondary N) is 1. The Hall–Kier alpha value is -2.54. The molecule has 0 amide bonds. The van der Waals surface area contributed by atoms with Crippen molar-refractivity contribution in [1.29, 1.82) is 0 Å². The highest BCUT2D eigenvalue weighted by molar-refractivity contribution is 9.11. The van der Waals surface area contributed by atoms with E-state index in [9.17, 15) is 23.7 Å². The fourth-order valence-electron chi connectivity index (χ4n) is 3.83. The maximum Gasteiger partial charge on any atom is 0.530 e. The molecule has 15 heteroatoms. The SMILES string of the molecule is CC(=O)CCC(=O)O[C@H]1C[C@H](n2cc(/C=C/Br)c(=O)[nH]c2=O)O[C@@H]1COP1(=O)OCc2cc(Cl)ccc2O1. The van der Waals surface area contributed by atoms with Crippen LogP contribution in [0.15, 0.2) is 39.0 Å². The van der Waals surface area contributed by atoms with E-state index >= 15 is 0 Å². The van der Waals surface area contributed by atoms with Crippen LogP contribution in [0.5, 0.6) is 5.75 Å². The lowest BCUT2D eigenvalue weighted by Crippen LogP contribution is -2.33. The van der Waals surface area contributed by atoms with E-state index in [0.29, 0.717) is 10.6 Å². The van der Waals surface area contributed by atoms with Crippen molar-refractivity contribution in [3.63, 3.8) is 0 Å². The third kappa shape index (κ3) is 6.90. The predicted octanol–water partition coefficient (Wildman–Crippen LogP) is 3.86. The second kappa shape index (κ2) is 12.1. The third-order valence-electron chi connectivity index (χ3n) is 5.70. The number of rotatable bonds is 9. The second-order valence-electron chi connectivity index (χ2n) is 8.50. The molecular formula is C23H23BrClN2O10P. The van der Waals surface area contributed by atoms with E-state index in [-0.39, 0.29) is 49.6 Å². The lowest BCUT2D eigenvalue weighted by atomic mass is 10.1. The van der Waals surface area contributed by atoms with Crippen molar-refractivity contribution >= 4 is 53.2 Å². The van der Waals surface area contributed by atoms with Gasteiger partial charge in [0.15, 0.2) is 0 Å². The summed E-state index contributed by atoms with van der Waals surface area (Å²) in [5.41, 5.74) is -0.574. The molecule has 1 fully saturated rings. The van der Waals surface area contributed by atoms with Crippen LogP contribution in [0.1, 0.15) is 43.5 Å². The number of H-pyrrole nitrogens is 1. The first-order chi connectivity index (χ1) is 18.1. The Labute approximate surface area is 229 Å². The zero-order valence-corrected chi connectivity index (χ0v) is 23.2. The Kier molecular flexibility index (Phi) is 9.07. The van der Waals surface area contributed by atoms with Gasteiger partial charge < -0.3 is 18.8 Å². The van der Waals surface area contributed by atoms with Crippen molar-refractivity contribution in [2.75, 3.05) is 6.61 Å². The van der Waals surface area contributed by atoms with E-state index in [4.69, 9.17) is 34.6 Å². The minimum atomic E-state index is -4.06. The van der Waals surface area contributed by atoms with Gasteiger partial charge in [0.25, 0.3) is 5.56 Å². The molecule has 2 aliphatic rings. The monoisotopic (exact) mass is 632 g/mol. The number of aromatic nitrogens is 2. The van der Waals surface area contributed by atoms with E-state index in [1.807, 2.05) is 0 Å². The lowest BCUT2D eigenvalue weighted by molar-refractivity contribution is -0.153. The summed E-state index contributed by atoms with van der Waals surface area (Å²) in [6, 6.07) is 4.72. The molecule has 38 heavy (non-hydrogen) atoms. The Morgan fingerprint density at radius 1 is 1.32 bits per heavy atom. The maximum atomic E-state index is 13.1. The first-order valence-electron chi connectivity index (χ1n) is 11.4. The van der Waals surface area contributed by atoms with Crippen LogP contribution >= 0.6 is 35.4 Å². The van der Waals surface area contributed by atoms with Gasteiger partial charge in [0.1, 0.15) is 30.0 Å². The van der Waals surface area contributed by atoms with Gasteiger partial charge in [-0.3, -0.25) is 28.2 Å². The zero-order chi connectivity index (χ0) is 27.4. The van der Waals surface area contributed by atoms with Crippen LogP contribution in [0.25, 0.3) is 6.08 Å². The summed E-state index contributed by atoms with van der Waals surface area (Å²) >= 11 is 9.05. The van der Waals surface area contributed by atoms with E-state index in [0.717, 1.165) is 4.57 Å². The standard InChI is InChI=1S/C23H23BrClN2O10P/c1-13(28)2-5-21(29)36-18-9-20(27-10-14(6-7-24)22(30)26-23(27)31)35-19(18)12-34-38(32)33-11-15-8-16(25)3-4-17(15)37-38/h3-4,6-8,10,18-20H,2,5,9,11-12H2,1H3,(H,26,30,31)/b7-6+/t18-,19+,20+,38?/m0/s1. The molecule has 1 unspecified atom stereocenters. The minimum absolute atomic E-state index is 0.00106. The van der Waals surface area contributed by atoms with Crippen molar-refractivity contribution < 1.29 is 37.2 Å². The number of carbonyl (C=O) groups is 2. The molecular weight excluding hydrogens is 611 g/mol. The number of benzene rings is 1. The number of ketones is 1. The molecule has 1 saturated heterocycles. The van der Waals surface area contributed by atoms with Crippen LogP contribution in [-0.4, -0.2) is 40.1 Å². The van der Waals surface area contributed by atoms with Gasteiger partial charge in [-0.1, -0.05) is 27.5 Å².